The largest absolute Gasteiger partial charge is 0.494 e. The highest BCUT2D eigenvalue weighted by atomic mass is 35.5. The molecule has 0 aliphatic rings. The van der Waals surface area contributed by atoms with E-state index in [1.807, 2.05) is 43.3 Å². The Morgan fingerprint density at radius 1 is 0.911 bits per heavy atom. The van der Waals surface area contributed by atoms with Gasteiger partial charge >= 0.3 is 11.9 Å². The third-order valence-corrected chi connectivity index (χ3v) is 6.93. The third-order valence-electron chi connectivity index (χ3n) is 6.60. The van der Waals surface area contributed by atoms with Gasteiger partial charge in [0.2, 0.25) is 0 Å². The number of carbonyl (C=O) groups excluding carboxylic acids is 3. The summed E-state index contributed by atoms with van der Waals surface area (Å²) in [4.78, 5) is 40.9. The van der Waals surface area contributed by atoms with Crippen LogP contribution in [0.2, 0.25) is 5.02 Å². The number of esters is 2. The second-order valence-electron chi connectivity index (χ2n) is 9.58. The van der Waals surface area contributed by atoms with Crippen molar-refractivity contribution in [2.24, 2.45) is 5.10 Å². The molecule has 10 nitrogen and oxygen atoms in total. The average molecular weight is 626 g/mol. The minimum absolute atomic E-state index is 0.168. The second kappa shape index (κ2) is 13.8. The number of amides is 1. The van der Waals surface area contributed by atoms with Crippen molar-refractivity contribution in [2.75, 3.05) is 13.7 Å². The summed E-state index contributed by atoms with van der Waals surface area (Å²) in [6, 6.07) is 23.8. The summed E-state index contributed by atoms with van der Waals surface area (Å²) in [5, 5.41) is 5.38. The molecule has 0 aliphatic carbocycles. The Hall–Kier alpha value is -5.61. The molecule has 0 saturated carbocycles. The van der Waals surface area contributed by atoms with E-state index < -0.39 is 17.8 Å². The summed E-state index contributed by atoms with van der Waals surface area (Å²) in [6.45, 7) is 3.65. The molecule has 0 saturated heterocycles. The summed E-state index contributed by atoms with van der Waals surface area (Å²) in [6.07, 6.45) is 1.37. The molecule has 1 aromatic heterocycles. The standard InChI is InChI=1S/C34H28ClN3O7/c1-4-43-23-14-15-27-25(18-23)31(24-10-6-7-11-26(24)35)32(37-27)33(40)38-36-19-22-9-5-8-12-28(22)45-34(41)21-13-16-29(44-20(2)39)30(17-21)42-3/h5-19,37H,4H2,1-3H3,(H,38,40). The number of nitrogens with zero attached hydrogens (tertiary/aromatic N) is 1. The Morgan fingerprint density at radius 2 is 1.69 bits per heavy atom. The van der Waals surface area contributed by atoms with Crippen molar-refractivity contribution in [3.05, 3.63) is 107 Å². The predicted octanol–water partition coefficient (Wildman–Crippen LogP) is 6.80. The number of fused-ring (bicyclic) bond motifs is 1. The van der Waals surface area contributed by atoms with Crippen LogP contribution in [0.15, 0.2) is 90.0 Å². The van der Waals surface area contributed by atoms with Gasteiger partial charge in [0, 0.05) is 39.5 Å². The van der Waals surface area contributed by atoms with Gasteiger partial charge in [-0.1, -0.05) is 41.9 Å². The van der Waals surface area contributed by atoms with Crippen LogP contribution in [0.3, 0.4) is 0 Å². The lowest BCUT2D eigenvalue weighted by Crippen LogP contribution is -2.19. The molecule has 0 aliphatic heterocycles. The van der Waals surface area contributed by atoms with Crippen LogP contribution in [-0.4, -0.2) is 42.8 Å². The van der Waals surface area contributed by atoms with Gasteiger partial charge in [-0.2, -0.15) is 5.10 Å². The lowest BCUT2D eigenvalue weighted by Gasteiger charge is -2.11. The zero-order valence-corrected chi connectivity index (χ0v) is 25.3. The van der Waals surface area contributed by atoms with Crippen LogP contribution in [-0.2, 0) is 4.79 Å². The molecule has 0 radical (unpaired) electrons. The van der Waals surface area contributed by atoms with Crippen LogP contribution in [0, 0.1) is 0 Å². The van der Waals surface area contributed by atoms with E-state index in [9.17, 15) is 14.4 Å². The molecule has 1 heterocycles. The highest BCUT2D eigenvalue weighted by molar-refractivity contribution is 6.34. The molecule has 0 unspecified atom stereocenters. The Bertz CT molecular complexity index is 1930. The van der Waals surface area contributed by atoms with Crippen molar-refractivity contribution in [2.45, 2.75) is 13.8 Å². The van der Waals surface area contributed by atoms with E-state index in [0.29, 0.717) is 34.1 Å². The van der Waals surface area contributed by atoms with Crippen molar-refractivity contribution >= 4 is 46.6 Å². The van der Waals surface area contributed by atoms with Crippen LogP contribution < -0.4 is 24.4 Å². The van der Waals surface area contributed by atoms with E-state index in [2.05, 4.69) is 15.5 Å². The molecular formula is C34H28ClN3O7. The summed E-state index contributed by atoms with van der Waals surface area (Å²) >= 11 is 6.55. The average Bonchev–Trinajstić information content (AvgIpc) is 3.41. The number of hydrazone groups is 1. The number of aromatic nitrogens is 1. The fraction of sp³-hybridized carbons (Fsp3) is 0.118. The fourth-order valence-electron chi connectivity index (χ4n) is 4.63. The molecule has 0 bridgehead atoms. The van der Waals surface area contributed by atoms with Crippen LogP contribution in [0.1, 0.15) is 40.3 Å². The number of carbonyl (C=O) groups is 3. The van der Waals surface area contributed by atoms with Crippen molar-refractivity contribution in [1.29, 1.82) is 0 Å². The number of methoxy groups -OCH3 is 1. The molecule has 11 heteroatoms. The number of hydrogen-bond acceptors (Lipinski definition) is 8. The smallest absolute Gasteiger partial charge is 0.343 e. The van der Waals surface area contributed by atoms with Crippen molar-refractivity contribution in [3.63, 3.8) is 0 Å². The number of aromatic amines is 1. The van der Waals surface area contributed by atoms with E-state index in [4.69, 9.17) is 30.5 Å². The number of benzene rings is 4. The summed E-state index contributed by atoms with van der Waals surface area (Å²) in [7, 11) is 1.39. The van der Waals surface area contributed by atoms with Crippen molar-refractivity contribution in [3.8, 4) is 34.1 Å². The van der Waals surface area contributed by atoms with Crippen molar-refractivity contribution < 1.29 is 33.3 Å². The van der Waals surface area contributed by atoms with E-state index >= 15 is 0 Å². The third kappa shape index (κ3) is 6.97. The SMILES string of the molecule is CCOc1ccc2[nH]c(C(=O)NN=Cc3ccccc3OC(=O)c3ccc(OC(C)=O)c(OC)c3)c(-c3ccccc3Cl)c2c1. The Kier molecular flexibility index (Phi) is 9.45. The number of para-hydroxylation sites is 1. The van der Waals surface area contributed by atoms with Gasteiger partial charge in [0.05, 0.1) is 25.5 Å². The first-order chi connectivity index (χ1) is 21.8. The molecule has 0 spiro atoms. The van der Waals surface area contributed by atoms with Gasteiger partial charge in [-0.3, -0.25) is 9.59 Å². The minimum atomic E-state index is -0.679. The first-order valence-corrected chi connectivity index (χ1v) is 14.2. The van der Waals surface area contributed by atoms with E-state index in [1.54, 1.807) is 30.3 Å². The molecule has 5 rings (SSSR count). The van der Waals surface area contributed by atoms with E-state index in [1.165, 1.54) is 38.4 Å². The topological polar surface area (TPSA) is 128 Å². The van der Waals surface area contributed by atoms with Gasteiger partial charge < -0.3 is 23.9 Å². The van der Waals surface area contributed by atoms with Crippen LogP contribution in [0.25, 0.3) is 22.0 Å². The maximum atomic E-state index is 13.5. The number of nitrogens with one attached hydrogen (secondary N) is 2. The van der Waals surface area contributed by atoms with Crippen LogP contribution in [0.5, 0.6) is 23.0 Å². The van der Waals surface area contributed by atoms with Gasteiger partial charge in [0.25, 0.3) is 5.91 Å². The fourth-order valence-corrected chi connectivity index (χ4v) is 4.86. The maximum absolute atomic E-state index is 13.5. The lowest BCUT2D eigenvalue weighted by molar-refractivity contribution is -0.132. The number of halogens is 1. The normalized spacial score (nSPS) is 10.9. The molecular weight excluding hydrogens is 598 g/mol. The predicted molar refractivity (Wildman–Crippen MR) is 171 cm³/mol. The number of hydrogen-bond donors (Lipinski definition) is 2. The Balaban J connectivity index is 1.38. The first-order valence-electron chi connectivity index (χ1n) is 13.8. The zero-order valence-electron chi connectivity index (χ0n) is 24.6. The first kappa shape index (κ1) is 30.8. The molecule has 1 amide bonds. The second-order valence-corrected chi connectivity index (χ2v) is 9.99. The van der Waals surface area contributed by atoms with Crippen molar-refractivity contribution in [1.82, 2.24) is 10.4 Å². The van der Waals surface area contributed by atoms with Crippen LogP contribution >= 0.6 is 11.6 Å². The van der Waals surface area contributed by atoms with E-state index in [-0.39, 0.29) is 28.5 Å². The number of H-pyrrole nitrogens is 1. The molecule has 2 N–H and O–H groups in total. The summed E-state index contributed by atoms with van der Waals surface area (Å²) < 4.78 is 21.6. The Labute approximate surface area is 263 Å². The highest BCUT2D eigenvalue weighted by Crippen LogP contribution is 2.38. The van der Waals surface area contributed by atoms with E-state index in [0.717, 1.165) is 10.9 Å². The molecule has 0 atom stereocenters. The van der Waals surface area contributed by atoms with Gasteiger partial charge in [0.15, 0.2) is 11.5 Å². The quantitative estimate of drug-likeness (QED) is 0.0755. The molecule has 0 fully saturated rings. The van der Waals surface area contributed by atoms with Gasteiger partial charge in [-0.15, -0.1) is 0 Å². The highest BCUT2D eigenvalue weighted by Gasteiger charge is 2.21. The molecule has 45 heavy (non-hydrogen) atoms. The maximum Gasteiger partial charge on any atom is 0.343 e. The zero-order chi connectivity index (χ0) is 31.9. The molecule has 4 aromatic carbocycles. The minimum Gasteiger partial charge on any atom is -0.494 e. The number of rotatable bonds is 10. The summed E-state index contributed by atoms with van der Waals surface area (Å²) in [5.74, 6) is -0.483. The van der Waals surface area contributed by atoms with Gasteiger partial charge in [-0.25, -0.2) is 10.2 Å². The van der Waals surface area contributed by atoms with Gasteiger partial charge in [0.1, 0.15) is 17.2 Å². The van der Waals surface area contributed by atoms with Crippen LogP contribution in [0.4, 0.5) is 0 Å². The number of ether oxygens (including phenoxy) is 4. The Morgan fingerprint density at radius 3 is 2.44 bits per heavy atom. The monoisotopic (exact) mass is 625 g/mol. The summed E-state index contributed by atoms with van der Waals surface area (Å²) in [5.41, 5.74) is 5.40. The molecule has 5 aromatic rings. The lowest BCUT2D eigenvalue weighted by atomic mass is 10.0. The van der Waals surface area contributed by atoms with Gasteiger partial charge in [-0.05, 0) is 61.5 Å². The molecule has 228 valence electrons.